The summed E-state index contributed by atoms with van der Waals surface area (Å²) in [7, 11) is 0. The summed E-state index contributed by atoms with van der Waals surface area (Å²) in [5, 5.41) is 2.62. The van der Waals surface area contributed by atoms with Gasteiger partial charge in [-0.25, -0.2) is 0 Å². The maximum absolute atomic E-state index is 10.0. The van der Waals surface area contributed by atoms with Crippen LogP contribution in [0.1, 0.15) is 18.7 Å². The predicted molar refractivity (Wildman–Crippen MR) is 41.9 cm³/mol. The number of hydrogen-bond acceptors (Lipinski definition) is 2. The third-order valence-corrected chi connectivity index (χ3v) is 1.45. The highest BCUT2D eigenvalue weighted by molar-refractivity contribution is 5.47. The minimum absolute atomic E-state index is 0.00583. The van der Waals surface area contributed by atoms with Crippen LogP contribution in [0.25, 0.3) is 0 Å². The highest BCUT2D eigenvalue weighted by atomic mass is 16.1. The molecule has 0 aliphatic rings. The van der Waals surface area contributed by atoms with E-state index in [0.29, 0.717) is 6.41 Å². The number of hydrogen-bond donors (Lipinski definition) is 1. The van der Waals surface area contributed by atoms with Crippen molar-refractivity contribution in [3.63, 3.8) is 0 Å². The number of carbonyl (C=O) groups is 1. The van der Waals surface area contributed by atoms with Gasteiger partial charge in [0, 0.05) is 6.20 Å². The second-order valence-corrected chi connectivity index (χ2v) is 2.26. The van der Waals surface area contributed by atoms with Crippen molar-refractivity contribution in [1.29, 1.82) is 0 Å². The van der Waals surface area contributed by atoms with Crippen LogP contribution < -0.4 is 5.32 Å². The molecule has 0 bridgehead atoms. The van der Waals surface area contributed by atoms with Crippen LogP contribution >= 0.6 is 0 Å². The standard InChI is InChI=1S/C8H10N2O/c1-7(10-6-11)8-4-2-3-5-9-8/h2-7H,1H3,(H,10,11). The number of pyridine rings is 1. The molecule has 1 rings (SSSR count). The number of amides is 1. The average molecular weight is 150 g/mol. The van der Waals surface area contributed by atoms with E-state index in [1.54, 1.807) is 6.20 Å². The molecule has 1 heterocycles. The molecule has 1 atom stereocenters. The lowest BCUT2D eigenvalue weighted by atomic mass is 10.2. The number of rotatable bonds is 3. The fourth-order valence-electron chi connectivity index (χ4n) is 0.820. The van der Waals surface area contributed by atoms with Crippen LogP contribution in [0, 0.1) is 0 Å². The molecule has 0 saturated carbocycles. The van der Waals surface area contributed by atoms with Gasteiger partial charge >= 0.3 is 0 Å². The number of aromatic nitrogens is 1. The maximum Gasteiger partial charge on any atom is 0.207 e. The molecule has 58 valence electrons. The van der Waals surface area contributed by atoms with Crippen molar-refractivity contribution < 1.29 is 4.79 Å². The topological polar surface area (TPSA) is 42.0 Å². The van der Waals surface area contributed by atoms with Crippen molar-refractivity contribution in [1.82, 2.24) is 10.3 Å². The van der Waals surface area contributed by atoms with Gasteiger partial charge in [-0.3, -0.25) is 9.78 Å². The Hall–Kier alpha value is -1.38. The first kappa shape index (κ1) is 7.72. The van der Waals surface area contributed by atoms with Crippen molar-refractivity contribution in [2.45, 2.75) is 13.0 Å². The first-order chi connectivity index (χ1) is 5.34. The third-order valence-electron chi connectivity index (χ3n) is 1.45. The Balaban J connectivity index is 2.68. The minimum atomic E-state index is -0.00583. The molecule has 0 aromatic carbocycles. The molecule has 3 nitrogen and oxygen atoms in total. The molecule has 1 N–H and O–H groups in total. The highest BCUT2D eigenvalue weighted by Crippen LogP contribution is 2.05. The Labute approximate surface area is 65.5 Å². The quantitative estimate of drug-likeness (QED) is 0.650. The molecule has 0 fully saturated rings. The zero-order chi connectivity index (χ0) is 8.10. The molecule has 1 aromatic heterocycles. The number of nitrogens with zero attached hydrogens (tertiary/aromatic N) is 1. The molecule has 0 spiro atoms. The van der Waals surface area contributed by atoms with E-state index in [9.17, 15) is 4.79 Å². The Morgan fingerprint density at radius 1 is 1.64 bits per heavy atom. The molecular weight excluding hydrogens is 140 g/mol. The highest BCUT2D eigenvalue weighted by Gasteiger charge is 2.01. The smallest absolute Gasteiger partial charge is 0.207 e. The lowest BCUT2D eigenvalue weighted by Gasteiger charge is -2.07. The van der Waals surface area contributed by atoms with Gasteiger partial charge < -0.3 is 5.32 Å². The van der Waals surface area contributed by atoms with Gasteiger partial charge in [0.25, 0.3) is 0 Å². The van der Waals surface area contributed by atoms with E-state index in [0.717, 1.165) is 5.69 Å². The summed E-state index contributed by atoms with van der Waals surface area (Å²) in [5.41, 5.74) is 0.875. The van der Waals surface area contributed by atoms with E-state index in [1.165, 1.54) is 0 Å². The molecule has 0 radical (unpaired) electrons. The van der Waals surface area contributed by atoms with Crippen LogP contribution in [0.15, 0.2) is 24.4 Å². The van der Waals surface area contributed by atoms with Crippen molar-refractivity contribution in [3.05, 3.63) is 30.1 Å². The normalized spacial score (nSPS) is 12.1. The van der Waals surface area contributed by atoms with Crippen LogP contribution in [0.3, 0.4) is 0 Å². The molecule has 1 aromatic rings. The average Bonchev–Trinajstić information content (AvgIpc) is 2.07. The Kier molecular flexibility index (Phi) is 2.60. The summed E-state index contributed by atoms with van der Waals surface area (Å²) in [6.07, 6.45) is 2.39. The zero-order valence-corrected chi connectivity index (χ0v) is 6.32. The summed E-state index contributed by atoms with van der Waals surface area (Å²) < 4.78 is 0. The SMILES string of the molecule is CC(NC=O)c1ccccn1. The molecular formula is C8H10N2O. The number of carbonyl (C=O) groups excluding carboxylic acids is 1. The van der Waals surface area contributed by atoms with Crippen molar-refractivity contribution in [2.24, 2.45) is 0 Å². The lowest BCUT2D eigenvalue weighted by Crippen LogP contribution is -2.16. The fourth-order valence-corrected chi connectivity index (χ4v) is 0.820. The van der Waals surface area contributed by atoms with Crippen LogP contribution in [-0.4, -0.2) is 11.4 Å². The molecule has 1 amide bonds. The predicted octanol–water partition coefficient (Wildman–Crippen LogP) is 0.889. The summed E-state index contributed by atoms with van der Waals surface area (Å²) in [6.45, 7) is 1.89. The minimum Gasteiger partial charge on any atom is -0.351 e. The molecule has 0 aliphatic heterocycles. The summed E-state index contributed by atoms with van der Waals surface area (Å²) in [5.74, 6) is 0. The van der Waals surface area contributed by atoms with Gasteiger partial charge in [-0.05, 0) is 19.1 Å². The van der Waals surface area contributed by atoms with Gasteiger partial charge in [0.15, 0.2) is 0 Å². The molecule has 1 unspecified atom stereocenters. The maximum atomic E-state index is 10.0. The first-order valence-electron chi connectivity index (χ1n) is 3.45. The fraction of sp³-hybridized carbons (Fsp3) is 0.250. The van der Waals surface area contributed by atoms with E-state index >= 15 is 0 Å². The second kappa shape index (κ2) is 3.71. The van der Waals surface area contributed by atoms with E-state index < -0.39 is 0 Å². The van der Waals surface area contributed by atoms with E-state index in [2.05, 4.69) is 10.3 Å². The summed E-state index contributed by atoms with van der Waals surface area (Å²) in [6, 6.07) is 5.61. The molecule has 0 aliphatic carbocycles. The van der Waals surface area contributed by atoms with E-state index in [-0.39, 0.29) is 6.04 Å². The Morgan fingerprint density at radius 3 is 3.00 bits per heavy atom. The molecule has 0 saturated heterocycles. The second-order valence-electron chi connectivity index (χ2n) is 2.26. The van der Waals surface area contributed by atoms with Crippen LogP contribution in [0.4, 0.5) is 0 Å². The largest absolute Gasteiger partial charge is 0.351 e. The lowest BCUT2D eigenvalue weighted by molar-refractivity contribution is -0.110. The van der Waals surface area contributed by atoms with Gasteiger partial charge in [-0.15, -0.1) is 0 Å². The van der Waals surface area contributed by atoms with Gasteiger partial charge in [-0.1, -0.05) is 6.07 Å². The molecule has 11 heavy (non-hydrogen) atoms. The summed E-state index contributed by atoms with van der Waals surface area (Å²) >= 11 is 0. The van der Waals surface area contributed by atoms with E-state index in [1.807, 2.05) is 25.1 Å². The van der Waals surface area contributed by atoms with Gasteiger partial charge in [0.1, 0.15) is 0 Å². The van der Waals surface area contributed by atoms with Crippen LogP contribution in [0.5, 0.6) is 0 Å². The van der Waals surface area contributed by atoms with Crippen molar-refractivity contribution >= 4 is 6.41 Å². The van der Waals surface area contributed by atoms with Gasteiger partial charge in [0.2, 0.25) is 6.41 Å². The van der Waals surface area contributed by atoms with Crippen molar-refractivity contribution in [2.75, 3.05) is 0 Å². The Bertz CT molecular complexity index is 223. The zero-order valence-electron chi connectivity index (χ0n) is 6.32. The van der Waals surface area contributed by atoms with Gasteiger partial charge in [-0.2, -0.15) is 0 Å². The van der Waals surface area contributed by atoms with Crippen molar-refractivity contribution in [3.8, 4) is 0 Å². The Morgan fingerprint density at radius 2 is 2.45 bits per heavy atom. The summed E-state index contributed by atoms with van der Waals surface area (Å²) in [4.78, 5) is 14.1. The molecule has 3 heteroatoms. The van der Waals surface area contributed by atoms with Gasteiger partial charge in [0.05, 0.1) is 11.7 Å². The number of nitrogens with one attached hydrogen (secondary N) is 1. The third kappa shape index (κ3) is 2.04. The van der Waals surface area contributed by atoms with E-state index in [4.69, 9.17) is 0 Å². The van der Waals surface area contributed by atoms with Crippen LogP contribution in [0.2, 0.25) is 0 Å². The first-order valence-corrected chi connectivity index (χ1v) is 3.45. The van der Waals surface area contributed by atoms with Crippen LogP contribution in [-0.2, 0) is 4.79 Å². The monoisotopic (exact) mass is 150 g/mol.